The minimum absolute atomic E-state index is 0.00611. The molecule has 0 amide bonds. The summed E-state index contributed by atoms with van der Waals surface area (Å²) in [6.45, 7) is 5.10. The van der Waals surface area contributed by atoms with E-state index < -0.39 is 21.6 Å². The fourth-order valence-corrected chi connectivity index (χ4v) is 2.33. The van der Waals surface area contributed by atoms with Crippen LogP contribution in [0.3, 0.4) is 0 Å². The first kappa shape index (κ1) is 17.3. The molecule has 0 spiro atoms. The molecule has 1 rings (SSSR count). The lowest BCUT2D eigenvalue weighted by Crippen LogP contribution is -2.24. The van der Waals surface area contributed by atoms with Crippen molar-refractivity contribution in [3.63, 3.8) is 0 Å². The van der Waals surface area contributed by atoms with Gasteiger partial charge in [-0.15, -0.1) is 0 Å². The molecule has 0 saturated carbocycles. The largest absolute Gasteiger partial charge is 0.493 e. The van der Waals surface area contributed by atoms with Crippen molar-refractivity contribution in [1.29, 1.82) is 0 Å². The summed E-state index contributed by atoms with van der Waals surface area (Å²) >= 11 is 0. The number of sulfonamides is 1. The first-order valence-electron chi connectivity index (χ1n) is 6.01. The third-order valence-electron chi connectivity index (χ3n) is 2.39. The molecule has 0 aliphatic carbocycles. The predicted molar refractivity (Wildman–Crippen MR) is 76.1 cm³/mol. The number of hydrogen-bond donors (Lipinski definition) is 1. The molecular weight excluding hydrogens is 298 g/mol. The van der Waals surface area contributed by atoms with E-state index in [1.165, 1.54) is 20.3 Å². The Bertz CT molecular complexity index is 645. The molecule has 7 nitrogen and oxygen atoms in total. The Morgan fingerprint density at radius 3 is 2.10 bits per heavy atom. The highest BCUT2D eigenvalue weighted by atomic mass is 32.2. The Morgan fingerprint density at radius 1 is 1.14 bits per heavy atom. The van der Waals surface area contributed by atoms with Gasteiger partial charge in [0, 0.05) is 0 Å². The molecule has 0 aliphatic heterocycles. The molecule has 2 N–H and O–H groups in total. The van der Waals surface area contributed by atoms with Gasteiger partial charge in [0.1, 0.15) is 10.5 Å². The minimum Gasteiger partial charge on any atom is -0.493 e. The molecule has 0 atom stereocenters. The number of rotatable bonds is 4. The first-order chi connectivity index (χ1) is 9.49. The molecule has 8 heteroatoms. The normalized spacial score (nSPS) is 11.9. The molecule has 1 aromatic carbocycles. The van der Waals surface area contributed by atoms with Gasteiger partial charge in [0.05, 0.1) is 19.8 Å². The van der Waals surface area contributed by atoms with Crippen LogP contribution in [0.25, 0.3) is 0 Å². The summed E-state index contributed by atoms with van der Waals surface area (Å²) in [6, 6.07) is 2.44. The summed E-state index contributed by atoms with van der Waals surface area (Å²) in [6.07, 6.45) is 0. The third-order valence-corrected chi connectivity index (χ3v) is 3.30. The highest BCUT2D eigenvalue weighted by molar-refractivity contribution is 7.89. The zero-order chi connectivity index (χ0) is 16.4. The number of carbonyl (C=O) groups excluding carboxylic acids is 1. The molecule has 0 radical (unpaired) electrons. The smallest absolute Gasteiger partial charge is 0.338 e. The zero-order valence-corrected chi connectivity index (χ0v) is 13.4. The third kappa shape index (κ3) is 4.33. The highest BCUT2D eigenvalue weighted by Gasteiger charge is 2.25. The molecule has 0 aromatic heterocycles. The van der Waals surface area contributed by atoms with E-state index in [2.05, 4.69) is 0 Å². The average Bonchev–Trinajstić information content (AvgIpc) is 2.33. The second-order valence-electron chi connectivity index (χ2n) is 5.26. The summed E-state index contributed by atoms with van der Waals surface area (Å²) < 4.78 is 38.5. The van der Waals surface area contributed by atoms with Crippen LogP contribution in [-0.2, 0) is 14.8 Å². The average molecular weight is 317 g/mol. The van der Waals surface area contributed by atoms with Gasteiger partial charge in [-0.1, -0.05) is 0 Å². The molecule has 0 aliphatic rings. The Balaban J connectivity index is 3.47. The molecule has 0 bridgehead atoms. The van der Waals surface area contributed by atoms with Crippen molar-refractivity contribution in [2.45, 2.75) is 31.3 Å². The van der Waals surface area contributed by atoms with Gasteiger partial charge in [-0.05, 0) is 32.9 Å². The maximum Gasteiger partial charge on any atom is 0.338 e. The van der Waals surface area contributed by atoms with E-state index in [4.69, 9.17) is 19.3 Å². The fourth-order valence-electron chi connectivity index (χ4n) is 1.60. The van der Waals surface area contributed by atoms with Gasteiger partial charge in [0.25, 0.3) is 0 Å². The quantitative estimate of drug-likeness (QED) is 0.839. The van der Waals surface area contributed by atoms with Crippen molar-refractivity contribution >= 4 is 16.0 Å². The summed E-state index contributed by atoms with van der Waals surface area (Å²) in [7, 11) is -1.49. The molecule has 0 unspecified atom stereocenters. The maximum absolute atomic E-state index is 12.1. The van der Waals surface area contributed by atoms with Crippen LogP contribution in [-0.4, -0.2) is 34.2 Å². The van der Waals surface area contributed by atoms with E-state index in [1.54, 1.807) is 20.8 Å². The Labute approximate surface area is 124 Å². The van der Waals surface area contributed by atoms with Crippen LogP contribution >= 0.6 is 0 Å². The van der Waals surface area contributed by atoms with Crippen LogP contribution in [0.5, 0.6) is 11.5 Å². The topological polar surface area (TPSA) is 105 Å². The molecule has 21 heavy (non-hydrogen) atoms. The number of primary sulfonamides is 1. The van der Waals surface area contributed by atoms with E-state index in [9.17, 15) is 13.2 Å². The second kappa shape index (κ2) is 5.90. The van der Waals surface area contributed by atoms with Gasteiger partial charge in [-0.2, -0.15) is 0 Å². The van der Waals surface area contributed by atoms with Crippen LogP contribution in [0, 0.1) is 0 Å². The number of benzene rings is 1. The van der Waals surface area contributed by atoms with Crippen LogP contribution in [0.1, 0.15) is 31.1 Å². The molecule has 118 valence electrons. The standard InChI is InChI=1S/C13H19NO6S/c1-13(2,3)20-12(15)8-6-9(18-4)11(19-5)10(7-8)21(14,16)17/h6-7H,1-5H3,(H2,14,16,17). The van der Waals surface area contributed by atoms with Gasteiger partial charge in [-0.3, -0.25) is 0 Å². The van der Waals surface area contributed by atoms with Gasteiger partial charge in [0.15, 0.2) is 11.5 Å². The molecular formula is C13H19NO6S. The number of hydrogen-bond acceptors (Lipinski definition) is 6. The second-order valence-corrected chi connectivity index (χ2v) is 6.79. The van der Waals surface area contributed by atoms with Crippen molar-refractivity contribution < 1.29 is 27.4 Å². The minimum atomic E-state index is -4.09. The highest BCUT2D eigenvalue weighted by Crippen LogP contribution is 2.35. The number of ether oxygens (including phenoxy) is 3. The lowest BCUT2D eigenvalue weighted by Gasteiger charge is -2.20. The molecule has 0 heterocycles. The van der Waals surface area contributed by atoms with E-state index in [0.29, 0.717) is 0 Å². The van der Waals surface area contributed by atoms with Crippen molar-refractivity contribution in [2.24, 2.45) is 5.14 Å². The van der Waals surface area contributed by atoms with Crippen LogP contribution < -0.4 is 14.6 Å². The van der Waals surface area contributed by atoms with Crippen molar-refractivity contribution in [1.82, 2.24) is 0 Å². The Morgan fingerprint density at radius 2 is 1.71 bits per heavy atom. The van der Waals surface area contributed by atoms with Gasteiger partial charge >= 0.3 is 5.97 Å². The van der Waals surface area contributed by atoms with Crippen molar-refractivity contribution in [3.05, 3.63) is 17.7 Å². The van der Waals surface area contributed by atoms with Crippen LogP contribution in [0.2, 0.25) is 0 Å². The fraction of sp³-hybridized carbons (Fsp3) is 0.462. The number of methoxy groups -OCH3 is 2. The van der Waals surface area contributed by atoms with Crippen LogP contribution in [0.4, 0.5) is 0 Å². The molecule has 0 fully saturated rings. The first-order valence-corrected chi connectivity index (χ1v) is 7.56. The summed E-state index contributed by atoms with van der Waals surface area (Å²) in [5, 5.41) is 5.14. The van der Waals surface area contributed by atoms with E-state index >= 15 is 0 Å². The van der Waals surface area contributed by atoms with Crippen LogP contribution in [0.15, 0.2) is 17.0 Å². The summed E-state index contributed by atoms with van der Waals surface area (Å²) in [5.41, 5.74) is -0.710. The van der Waals surface area contributed by atoms with E-state index in [0.717, 1.165) is 6.07 Å². The maximum atomic E-state index is 12.1. The SMILES string of the molecule is COc1cc(C(=O)OC(C)(C)C)cc(S(N)(=O)=O)c1OC. The lowest BCUT2D eigenvalue weighted by atomic mass is 10.1. The molecule has 0 saturated heterocycles. The zero-order valence-electron chi connectivity index (χ0n) is 12.6. The summed E-state index contributed by atoms with van der Waals surface area (Å²) in [5.74, 6) is -0.675. The predicted octanol–water partition coefficient (Wildman–Crippen LogP) is 1.31. The van der Waals surface area contributed by atoms with E-state index in [1.807, 2.05) is 0 Å². The Hall–Kier alpha value is -1.80. The summed E-state index contributed by atoms with van der Waals surface area (Å²) in [4.78, 5) is 11.7. The number of carbonyl (C=O) groups is 1. The lowest BCUT2D eigenvalue weighted by molar-refractivity contribution is 0.00688. The van der Waals surface area contributed by atoms with Gasteiger partial charge in [0.2, 0.25) is 10.0 Å². The van der Waals surface area contributed by atoms with E-state index in [-0.39, 0.29) is 22.0 Å². The number of nitrogens with two attached hydrogens (primary N) is 1. The Kier molecular flexibility index (Phi) is 4.85. The van der Waals surface area contributed by atoms with Crippen molar-refractivity contribution in [2.75, 3.05) is 14.2 Å². The monoisotopic (exact) mass is 317 g/mol. The molecule has 1 aromatic rings. The van der Waals surface area contributed by atoms with Gasteiger partial charge < -0.3 is 14.2 Å². The van der Waals surface area contributed by atoms with Crippen molar-refractivity contribution in [3.8, 4) is 11.5 Å². The number of esters is 1. The van der Waals surface area contributed by atoms with Gasteiger partial charge in [-0.25, -0.2) is 18.4 Å².